The zero-order valence-corrected chi connectivity index (χ0v) is 14.1. The Bertz CT molecular complexity index is 800. The van der Waals surface area contributed by atoms with Gasteiger partial charge in [-0.2, -0.15) is 0 Å². The molecule has 1 aromatic rings. The number of hydrogen-bond donors (Lipinski definition) is 1. The molecule has 1 amide bonds. The SMILES string of the molecule is CCc1ccc(/C=C2\SC3C=CC=CC3=[N+](CC(=O)O)C2=O)cc1. The highest BCUT2D eigenvalue weighted by atomic mass is 32.2. The van der Waals surface area contributed by atoms with Crippen molar-refractivity contribution in [1.29, 1.82) is 0 Å². The Labute approximate surface area is 144 Å². The molecule has 0 radical (unpaired) electrons. The summed E-state index contributed by atoms with van der Waals surface area (Å²) in [6, 6.07) is 8.05. The van der Waals surface area contributed by atoms with E-state index in [1.54, 1.807) is 0 Å². The highest BCUT2D eigenvalue weighted by Crippen LogP contribution is 2.32. The van der Waals surface area contributed by atoms with Gasteiger partial charge in [-0.3, -0.25) is 0 Å². The van der Waals surface area contributed by atoms with Crippen molar-refractivity contribution in [3.05, 3.63) is 64.6 Å². The average molecular weight is 340 g/mol. The van der Waals surface area contributed by atoms with Crippen LogP contribution in [0.3, 0.4) is 0 Å². The third-order valence-electron chi connectivity index (χ3n) is 3.96. The van der Waals surface area contributed by atoms with Gasteiger partial charge in [-0.1, -0.05) is 61.2 Å². The first-order valence-electron chi connectivity index (χ1n) is 7.81. The maximum atomic E-state index is 12.7. The zero-order valence-electron chi connectivity index (χ0n) is 13.3. The van der Waals surface area contributed by atoms with Crippen LogP contribution in [0.1, 0.15) is 18.1 Å². The van der Waals surface area contributed by atoms with E-state index in [2.05, 4.69) is 6.92 Å². The first kappa shape index (κ1) is 16.5. The molecule has 1 unspecified atom stereocenters. The summed E-state index contributed by atoms with van der Waals surface area (Å²) in [5.41, 5.74) is 2.91. The smallest absolute Gasteiger partial charge is 0.426 e. The fourth-order valence-corrected chi connectivity index (χ4v) is 3.87. The fourth-order valence-electron chi connectivity index (χ4n) is 2.69. The summed E-state index contributed by atoms with van der Waals surface area (Å²) < 4.78 is 1.36. The lowest BCUT2D eigenvalue weighted by molar-refractivity contribution is -0.436. The summed E-state index contributed by atoms with van der Waals surface area (Å²) in [4.78, 5) is 24.4. The van der Waals surface area contributed by atoms with Crippen molar-refractivity contribution in [2.75, 3.05) is 6.54 Å². The van der Waals surface area contributed by atoms with Gasteiger partial charge in [-0.25, -0.2) is 9.59 Å². The maximum Gasteiger partial charge on any atom is 0.426 e. The summed E-state index contributed by atoms with van der Waals surface area (Å²) in [7, 11) is 0. The molecule has 0 saturated heterocycles. The molecule has 0 fully saturated rings. The van der Waals surface area contributed by atoms with Gasteiger partial charge in [0.1, 0.15) is 10.2 Å². The van der Waals surface area contributed by atoms with Gasteiger partial charge in [0.05, 0.1) is 0 Å². The van der Waals surface area contributed by atoms with Gasteiger partial charge < -0.3 is 5.11 Å². The monoisotopic (exact) mass is 340 g/mol. The predicted octanol–water partition coefficient (Wildman–Crippen LogP) is 2.90. The second-order valence-corrected chi connectivity index (χ2v) is 6.78. The molecule has 4 nitrogen and oxygen atoms in total. The number of allylic oxidation sites excluding steroid dienone is 3. The minimum atomic E-state index is -1.02. The molecule has 1 aliphatic carbocycles. The number of fused-ring (bicyclic) bond motifs is 1. The van der Waals surface area contributed by atoms with Crippen molar-refractivity contribution in [1.82, 2.24) is 0 Å². The second kappa shape index (κ2) is 7.01. The number of aryl methyl sites for hydroxylation is 1. The van der Waals surface area contributed by atoms with Crippen molar-refractivity contribution in [3.63, 3.8) is 0 Å². The summed E-state index contributed by atoms with van der Waals surface area (Å²) in [6.45, 7) is 1.77. The molecule has 1 aromatic carbocycles. The lowest BCUT2D eigenvalue weighted by atomic mass is 10.1. The third kappa shape index (κ3) is 3.41. The second-order valence-electron chi connectivity index (χ2n) is 5.60. The molecular formula is C19H18NO3S+. The quantitative estimate of drug-likeness (QED) is 0.676. The summed E-state index contributed by atoms with van der Waals surface area (Å²) in [5, 5.41) is 9.10. The van der Waals surface area contributed by atoms with Crippen molar-refractivity contribution in [3.8, 4) is 0 Å². The van der Waals surface area contributed by atoms with Gasteiger partial charge in [0.15, 0.2) is 0 Å². The molecule has 1 aliphatic heterocycles. The van der Waals surface area contributed by atoms with Crippen LogP contribution in [0.2, 0.25) is 0 Å². The van der Waals surface area contributed by atoms with E-state index in [0.29, 0.717) is 4.91 Å². The van der Waals surface area contributed by atoms with Crippen LogP contribution in [0, 0.1) is 0 Å². The number of nitrogens with zero attached hydrogens (tertiary/aromatic N) is 1. The van der Waals surface area contributed by atoms with Crippen LogP contribution < -0.4 is 0 Å². The van der Waals surface area contributed by atoms with Crippen LogP contribution in [-0.2, 0) is 16.0 Å². The Morgan fingerprint density at radius 3 is 2.71 bits per heavy atom. The number of amides is 1. The Hall–Kier alpha value is -2.40. The van der Waals surface area contributed by atoms with Gasteiger partial charge in [0.25, 0.3) is 0 Å². The first-order valence-corrected chi connectivity index (χ1v) is 8.69. The van der Waals surface area contributed by atoms with Crippen LogP contribution in [-0.4, -0.2) is 39.1 Å². The average Bonchev–Trinajstić information content (AvgIpc) is 2.59. The van der Waals surface area contributed by atoms with Crippen LogP contribution in [0.25, 0.3) is 6.08 Å². The minimum Gasteiger partial charge on any atom is -0.477 e. The Morgan fingerprint density at radius 1 is 1.29 bits per heavy atom. The molecule has 122 valence electrons. The lowest BCUT2D eigenvalue weighted by Gasteiger charge is -2.20. The van der Waals surface area contributed by atoms with Crippen LogP contribution in [0.15, 0.2) is 53.5 Å². The van der Waals surface area contributed by atoms with E-state index in [1.165, 1.54) is 21.9 Å². The molecule has 24 heavy (non-hydrogen) atoms. The highest BCUT2D eigenvalue weighted by molar-refractivity contribution is 8.05. The number of carboxylic acid groups (broad SMARTS) is 1. The van der Waals surface area contributed by atoms with Gasteiger partial charge in [-0.15, -0.1) is 4.58 Å². The van der Waals surface area contributed by atoms with E-state index >= 15 is 0 Å². The van der Waals surface area contributed by atoms with E-state index in [9.17, 15) is 9.59 Å². The molecule has 5 heteroatoms. The summed E-state index contributed by atoms with van der Waals surface area (Å²) in [6.07, 6.45) is 10.3. The molecule has 1 atom stereocenters. The Balaban J connectivity index is 1.98. The van der Waals surface area contributed by atoms with Crippen molar-refractivity contribution < 1.29 is 19.3 Å². The van der Waals surface area contributed by atoms with E-state index in [0.717, 1.165) is 17.7 Å². The van der Waals surface area contributed by atoms with Gasteiger partial charge in [-0.05, 0) is 23.6 Å². The standard InChI is InChI=1S/C19H17NO3S/c1-2-13-7-9-14(10-8-13)11-17-19(23)20(12-18(21)22)15-5-3-4-6-16(15)24-17/h3-11,16H,2,12H2,1H3/p+1/b17-11-. The number of carbonyl (C=O) groups excluding carboxylic acids is 1. The molecule has 3 rings (SSSR count). The van der Waals surface area contributed by atoms with Crippen molar-refractivity contribution in [2.45, 2.75) is 18.6 Å². The molecule has 0 bridgehead atoms. The van der Waals surface area contributed by atoms with Crippen LogP contribution >= 0.6 is 11.8 Å². The van der Waals surface area contributed by atoms with Crippen molar-refractivity contribution in [2.24, 2.45) is 0 Å². The van der Waals surface area contributed by atoms with Gasteiger partial charge >= 0.3 is 11.9 Å². The molecule has 1 N–H and O–H groups in total. The number of aliphatic carboxylic acids is 1. The Kier molecular flexibility index (Phi) is 4.81. The number of thioether (sulfide) groups is 1. The predicted molar refractivity (Wildman–Crippen MR) is 96.2 cm³/mol. The molecule has 2 aliphatic rings. The molecule has 1 heterocycles. The lowest BCUT2D eigenvalue weighted by Crippen LogP contribution is -2.40. The van der Waals surface area contributed by atoms with Gasteiger partial charge in [0, 0.05) is 6.08 Å². The van der Waals surface area contributed by atoms with Crippen molar-refractivity contribution >= 4 is 35.4 Å². The zero-order chi connectivity index (χ0) is 17.1. The van der Waals surface area contributed by atoms with Crippen LogP contribution in [0.4, 0.5) is 0 Å². The molecule has 0 aromatic heterocycles. The van der Waals surface area contributed by atoms with E-state index < -0.39 is 5.97 Å². The number of rotatable bonds is 4. The molecular weight excluding hydrogens is 322 g/mol. The third-order valence-corrected chi connectivity index (χ3v) is 5.16. The number of benzene rings is 1. The summed E-state index contributed by atoms with van der Waals surface area (Å²) >= 11 is 1.46. The Morgan fingerprint density at radius 2 is 2.04 bits per heavy atom. The number of carbonyl (C=O) groups is 2. The van der Waals surface area contributed by atoms with Crippen LogP contribution in [0.5, 0.6) is 0 Å². The van der Waals surface area contributed by atoms with Gasteiger partial charge in [0.2, 0.25) is 12.3 Å². The topological polar surface area (TPSA) is 57.4 Å². The first-order chi connectivity index (χ1) is 11.6. The van der Waals surface area contributed by atoms with E-state index in [4.69, 9.17) is 5.11 Å². The number of carboxylic acids is 1. The number of hydrogen-bond acceptors (Lipinski definition) is 3. The summed E-state index contributed by atoms with van der Waals surface area (Å²) in [5.74, 6) is -1.27. The normalized spacial score (nSPS) is 21.3. The van der Waals surface area contributed by atoms with E-state index in [-0.39, 0.29) is 17.7 Å². The fraction of sp³-hybridized carbons (Fsp3) is 0.211. The van der Waals surface area contributed by atoms with E-state index in [1.807, 2.05) is 54.6 Å². The molecule has 0 saturated carbocycles. The molecule has 0 spiro atoms. The highest BCUT2D eigenvalue weighted by Gasteiger charge is 2.39. The maximum absolute atomic E-state index is 12.7. The minimum absolute atomic E-state index is 0.0341. The largest absolute Gasteiger partial charge is 0.477 e.